The SMILES string of the molecule is CCCCCC1CCC(C(F)(F)Oc2ccc(/C=C/C(=O)OCC(C)c3ccc(N)cc3N)cc2)CC1. The summed E-state index contributed by atoms with van der Waals surface area (Å²) in [5.74, 6) is -0.666. The number of unbranched alkanes of at least 4 members (excludes halogenated alkanes) is 2. The minimum Gasteiger partial charge on any atom is -0.462 e. The van der Waals surface area contributed by atoms with Crippen LogP contribution in [-0.2, 0) is 9.53 Å². The van der Waals surface area contributed by atoms with Crippen LogP contribution in [-0.4, -0.2) is 18.7 Å². The van der Waals surface area contributed by atoms with E-state index >= 15 is 0 Å². The van der Waals surface area contributed by atoms with Gasteiger partial charge in [-0.25, -0.2) is 4.79 Å². The molecule has 0 amide bonds. The molecule has 202 valence electrons. The fourth-order valence-corrected chi connectivity index (χ4v) is 4.91. The Bertz CT molecular complexity index is 1030. The summed E-state index contributed by atoms with van der Waals surface area (Å²) in [4.78, 5) is 12.1. The summed E-state index contributed by atoms with van der Waals surface area (Å²) in [6.07, 6.45) is 7.10. The molecule has 1 fully saturated rings. The highest BCUT2D eigenvalue weighted by molar-refractivity contribution is 5.87. The molecule has 0 heterocycles. The van der Waals surface area contributed by atoms with Crippen LogP contribution in [0.2, 0.25) is 0 Å². The van der Waals surface area contributed by atoms with Crippen LogP contribution in [0.1, 0.15) is 82.3 Å². The third kappa shape index (κ3) is 8.76. The number of carbonyl (C=O) groups is 1. The third-order valence-corrected chi connectivity index (χ3v) is 7.20. The predicted octanol–water partition coefficient (Wildman–Crippen LogP) is 7.57. The van der Waals surface area contributed by atoms with Crippen LogP contribution in [0.15, 0.2) is 48.5 Å². The fourth-order valence-electron chi connectivity index (χ4n) is 4.91. The number of halogens is 2. The molecular weight excluding hydrogens is 474 g/mol. The lowest BCUT2D eigenvalue weighted by Crippen LogP contribution is -2.37. The highest BCUT2D eigenvalue weighted by Gasteiger charge is 2.43. The second-order valence-corrected chi connectivity index (χ2v) is 10.2. The average Bonchev–Trinajstić information content (AvgIpc) is 2.87. The van der Waals surface area contributed by atoms with Gasteiger partial charge < -0.3 is 20.9 Å². The van der Waals surface area contributed by atoms with Crippen molar-refractivity contribution in [1.29, 1.82) is 0 Å². The van der Waals surface area contributed by atoms with E-state index in [1.165, 1.54) is 37.5 Å². The van der Waals surface area contributed by atoms with E-state index in [0.717, 1.165) is 24.8 Å². The lowest BCUT2D eigenvalue weighted by molar-refractivity contribution is -0.223. The number of hydrogen-bond donors (Lipinski definition) is 2. The summed E-state index contributed by atoms with van der Waals surface area (Å²) in [5.41, 5.74) is 14.4. The van der Waals surface area contributed by atoms with Crippen molar-refractivity contribution in [3.05, 3.63) is 59.7 Å². The molecule has 4 N–H and O–H groups in total. The Balaban J connectivity index is 1.45. The van der Waals surface area contributed by atoms with Gasteiger partial charge in [0.15, 0.2) is 0 Å². The zero-order valence-corrected chi connectivity index (χ0v) is 21.9. The molecular formula is C30H40F2N2O3. The van der Waals surface area contributed by atoms with Gasteiger partial charge in [-0.15, -0.1) is 0 Å². The van der Waals surface area contributed by atoms with Crippen molar-refractivity contribution in [2.24, 2.45) is 11.8 Å². The highest BCUT2D eigenvalue weighted by atomic mass is 19.3. The lowest BCUT2D eigenvalue weighted by atomic mass is 9.79. The molecule has 0 radical (unpaired) electrons. The maximum absolute atomic E-state index is 14.8. The first kappa shape index (κ1) is 28.5. The van der Waals surface area contributed by atoms with Gasteiger partial charge in [0, 0.05) is 23.4 Å². The van der Waals surface area contributed by atoms with Crippen LogP contribution < -0.4 is 16.2 Å². The molecule has 0 saturated heterocycles. The van der Waals surface area contributed by atoms with E-state index in [2.05, 4.69) is 6.92 Å². The summed E-state index contributed by atoms with van der Waals surface area (Å²) in [5, 5.41) is 0. The van der Waals surface area contributed by atoms with Crippen molar-refractivity contribution in [1.82, 2.24) is 0 Å². The molecule has 1 saturated carbocycles. The first-order chi connectivity index (χ1) is 17.7. The molecule has 0 spiro atoms. The normalized spacial score (nSPS) is 19.0. The van der Waals surface area contributed by atoms with E-state index in [4.69, 9.17) is 20.9 Å². The highest BCUT2D eigenvalue weighted by Crippen LogP contribution is 2.41. The van der Waals surface area contributed by atoms with Crippen LogP contribution in [0, 0.1) is 11.8 Å². The Hall–Kier alpha value is -3.09. The molecule has 0 aliphatic heterocycles. The molecule has 0 aromatic heterocycles. The van der Waals surface area contributed by atoms with E-state index in [0.29, 0.717) is 35.7 Å². The van der Waals surface area contributed by atoms with E-state index in [9.17, 15) is 13.6 Å². The number of anilines is 2. The Morgan fingerprint density at radius 1 is 1.08 bits per heavy atom. The number of rotatable bonds is 12. The third-order valence-electron chi connectivity index (χ3n) is 7.20. The summed E-state index contributed by atoms with van der Waals surface area (Å²) < 4.78 is 40.0. The Kier molecular flexibility index (Phi) is 10.4. The first-order valence-corrected chi connectivity index (χ1v) is 13.3. The minimum absolute atomic E-state index is 0.0906. The summed E-state index contributed by atoms with van der Waals surface area (Å²) >= 11 is 0. The van der Waals surface area contributed by atoms with Crippen LogP contribution in [0.25, 0.3) is 6.08 Å². The molecule has 3 rings (SSSR count). The Morgan fingerprint density at radius 3 is 2.43 bits per heavy atom. The van der Waals surface area contributed by atoms with Crippen molar-refractivity contribution >= 4 is 23.4 Å². The van der Waals surface area contributed by atoms with Crippen LogP contribution in [0.4, 0.5) is 20.2 Å². The van der Waals surface area contributed by atoms with E-state index in [-0.39, 0.29) is 18.3 Å². The first-order valence-electron chi connectivity index (χ1n) is 13.3. The number of nitrogens with two attached hydrogens (primary N) is 2. The number of nitrogen functional groups attached to an aromatic ring is 2. The van der Waals surface area contributed by atoms with Crippen molar-refractivity contribution in [3.8, 4) is 5.75 Å². The van der Waals surface area contributed by atoms with Gasteiger partial charge >= 0.3 is 12.1 Å². The molecule has 5 nitrogen and oxygen atoms in total. The molecule has 37 heavy (non-hydrogen) atoms. The van der Waals surface area contributed by atoms with Crippen LogP contribution in [0.5, 0.6) is 5.75 Å². The van der Waals surface area contributed by atoms with Crippen molar-refractivity contribution in [3.63, 3.8) is 0 Å². The number of alkyl halides is 2. The average molecular weight is 515 g/mol. The standard InChI is InChI=1S/C30H40F2N2O3/c1-3-4-5-6-22-7-12-24(13-8-22)30(31,32)37-26-15-9-23(10-16-26)11-18-29(35)36-20-21(2)27-17-14-25(33)19-28(27)34/h9-11,14-19,21-22,24H,3-8,12-13,20,33-34H2,1-2H3/b18-11+. The van der Waals surface area contributed by atoms with Crippen molar-refractivity contribution in [2.75, 3.05) is 18.1 Å². The van der Waals surface area contributed by atoms with Gasteiger partial charge in [0.05, 0.1) is 12.5 Å². The Labute approximate surface area is 219 Å². The van der Waals surface area contributed by atoms with Gasteiger partial charge in [-0.2, -0.15) is 8.78 Å². The van der Waals surface area contributed by atoms with Gasteiger partial charge in [-0.3, -0.25) is 0 Å². The van der Waals surface area contributed by atoms with Crippen LogP contribution >= 0.6 is 0 Å². The molecule has 1 unspecified atom stereocenters. The van der Waals surface area contributed by atoms with Gasteiger partial charge in [0.1, 0.15) is 5.75 Å². The fraction of sp³-hybridized carbons (Fsp3) is 0.500. The molecule has 1 atom stereocenters. The second kappa shape index (κ2) is 13.5. The molecule has 2 aromatic rings. The van der Waals surface area contributed by atoms with Crippen molar-refractivity contribution < 1.29 is 23.0 Å². The zero-order chi connectivity index (χ0) is 26.8. The predicted molar refractivity (Wildman–Crippen MR) is 145 cm³/mol. The van der Waals surface area contributed by atoms with E-state index in [1.807, 2.05) is 13.0 Å². The molecule has 1 aliphatic rings. The minimum atomic E-state index is -3.19. The Morgan fingerprint density at radius 2 is 1.78 bits per heavy atom. The number of esters is 1. The largest absolute Gasteiger partial charge is 0.462 e. The van der Waals surface area contributed by atoms with E-state index < -0.39 is 18.0 Å². The van der Waals surface area contributed by atoms with Crippen molar-refractivity contribution in [2.45, 2.75) is 77.2 Å². The quantitative estimate of drug-likeness (QED) is 0.132. The molecule has 0 bridgehead atoms. The summed E-state index contributed by atoms with van der Waals surface area (Å²) in [6, 6.07) is 11.5. The molecule has 2 aromatic carbocycles. The van der Waals surface area contributed by atoms with Crippen LogP contribution in [0.3, 0.4) is 0 Å². The topological polar surface area (TPSA) is 87.6 Å². The van der Waals surface area contributed by atoms with Gasteiger partial charge in [-0.1, -0.05) is 57.7 Å². The maximum atomic E-state index is 14.8. The van der Waals surface area contributed by atoms with E-state index in [1.54, 1.807) is 30.3 Å². The summed E-state index contributed by atoms with van der Waals surface area (Å²) in [6.45, 7) is 4.25. The number of benzene rings is 2. The van der Waals surface area contributed by atoms with Gasteiger partial charge in [0.25, 0.3) is 0 Å². The smallest absolute Gasteiger partial charge is 0.400 e. The summed E-state index contributed by atoms with van der Waals surface area (Å²) in [7, 11) is 0. The lowest BCUT2D eigenvalue weighted by Gasteiger charge is -2.33. The molecule has 1 aliphatic carbocycles. The van der Waals surface area contributed by atoms with Gasteiger partial charge in [-0.05, 0) is 73.1 Å². The maximum Gasteiger partial charge on any atom is 0.400 e. The number of hydrogen-bond acceptors (Lipinski definition) is 5. The number of carbonyl (C=O) groups excluding carboxylic acids is 1. The zero-order valence-electron chi connectivity index (χ0n) is 21.9. The second-order valence-electron chi connectivity index (χ2n) is 10.2. The number of ether oxygens (including phenoxy) is 2. The molecule has 7 heteroatoms. The monoisotopic (exact) mass is 514 g/mol. The van der Waals surface area contributed by atoms with Gasteiger partial charge in [0.2, 0.25) is 0 Å².